The lowest BCUT2D eigenvalue weighted by molar-refractivity contribution is 0.224. The minimum atomic E-state index is 0.0691. The van der Waals surface area contributed by atoms with Crippen LogP contribution in [-0.4, -0.2) is 19.0 Å². The largest absolute Gasteiger partial charge is 0.471 e. The molecule has 1 aliphatic rings. The summed E-state index contributed by atoms with van der Waals surface area (Å²) in [6, 6.07) is 8.13. The van der Waals surface area contributed by atoms with Gasteiger partial charge < -0.3 is 10.5 Å². The summed E-state index contributed by atoms with van der Waals surface area (Å²) in [5.41, 5.74) is 6.61. The number of benzene rings is 1. The molecule has 1 aromatic carbocycles. The SMILES string of the molecule is NCCC1=NCC(c2ccc(Br)cc2)O1. The van der Waals surface area contributed by atoms with E-state index >= 15 is 0 Å². The molecule has 2 rings (SSSR count). The molecule has 0 aromatic heterocycles. The van der Waals surface area contributed by atoms with Crippen LogP contribution in [0, 0.1) is 0 Å². The normalized spacial score (nSPS) is 19.9. The van der Waals surface area contributed by atoms with Crippen molar-refractivity contribution in [1.29, 1.82) is 0 Å². The van der Waals surface area contributed by atoms with Gasteiger partial charge in [0, 0.05) is 17.4 Å². The van der Waals surface area contributed by atoms with Crippen LogP contribution in [0.4, 0.5) is 0 Å². The number of hydrogen-bond donors (Lipinski definition) is 1. The first kappa shape index (κ1) is 10.6. The van der Waals surface area contributed by atoms with Crippen LogP contribution in [-0.2, 0) is 4.74 Å². The summed E-state index contributed by atoms with van der Waals surface area (Å²) in [4.78, 5) is 4.31. The summed E-state index contributed by atoms with van der Waals surface area (Å²) in [6.07, 6.45) is 0.798. The number of nitrogens with zero attached hydrogens (tertiary/aromatic N) is 1. The molecule has 1 unspecified atom stereocenters. The molecule has 1 aliphatic heterocycles. The van der Waals surface area contributed by atoms with Gasteiger partial charge in [0.25, 0.3) is 0 Å². The topological polar surface area (TPSA) is 47.6 Å². The van der Waals surface area contributed by atoms with Crippen molar-refractivity contribution < 1.29 is 4.74 Å². The van der Waals surface area contributed by atoms with Crippen molar-refractivity contribution in [3.63, 3.8) is 0 Å². The van der Waals surface area contributed by atoms with Gasteiger partial charge in [-0.15, -0.1) is 0 Å². The second-order valence-electron chi connectivity index (χ2n) is 3.43. The Hall–Kier alpha value is -0.870. The molecule has 0 saturated heterocycles. The predicted octanol–water partition coefficient (Wildman–Crippen LogP) is 2.27. The van der Waals surface area contributed by atoms with E-state index in [4.69, 9.17) is 10.5 Å². The maximum atomic E-state index is 5.68. The molecule has 0 amide bonds. The van der Waals surface area contributed by atoms with Crippen LogP contribution < -0.4 is 5.73 Å². The first-order valence-corrected chi connectivity index (χ1v) is 5.74. The average Bonchev–Trinajstić information content (AvgIpc) is 2.68. The van der Waals surface area contributed by atoms with Gasteiger partial charge in [-0.25, -0.2) is 0 Å². The van der Waals surface area contributed by atoms with E-state index in [1.165, 1.54) is 0 Å². The second kappa shape index (κ2) is 4.77. The molecular weight excluding hydrogens is 256 g/mol. The lowest BCUT2D eigenvalue weighted by Crippen LogP contribution is -2.10. The van der Waals surface area contributed by atoms with Gasteiger partial charge in [-0.05, 0) is 17.7 Å². The Morgan fingerprint density at radius 2 is 2.13 bits per heavy atom. The van der Waals surface area contributed by atoms with E-state index in [9.17, 15) is 0 Å². The maximum absolute atomic E-state index is 5.68. The highest BCUT2D eigenvalue weighted by molar-refractivity contribution is 9.10. The van der Waals surface area contributed by atoms with Crippen molar-refractivity contribution in [1.82, 2.24) is 0 Å². The van der Waals surface area contributed by atoms with Crippen molar-refractivity contribution in [2.75, 3.05) is 13.1 Å². The molecule has 2 N–H and O–H groups in total. The summed E-state index contributed by atoms with van der Waals surface area (Å²) < 4.78 is 6.76. The maximum Gasteiger partial charge on any atom is 0.185 e. The highest BCUT2D eigenvalue weighted by atomic mass is 79.9. The number of halogens is 1. The molecule has 0 aliphatic carbocycles. The first-order chi connectivity index (χ1) is 7.29. The Bertz CT molecular complexity index is 361. The molecule has 4 heteroatoms. The zero-order valence-electron chi connectivity index (χ0n) is 8.32. The monoisotopic (exact) mass is 268 g/mol. The molecule has 15 heavy (non-hydrogen) atoms. The number of hydrogen-bond acceptors (Lipinski definition) is 3. The number of rotatable bonds is 3. The standard InChI is InChI=1S/C11H13BrN2O/c12-9-3-1-8(2-4-9)10-7-14-11(15-10)5-6-13/h1-4,10H,5-7,13H2. The smallest absolute Gasteiger partial charge is 0.185 e. The van der Waals surface area contributed by atoms with Crippen LogP contribution in [0.2, 0.25) is 0 Å². The van der Waals surface area contributed by atoms with E-state index in [0.29, 0.717) is 13.1 Å². The van der Waals surface area contributed by atoms with Crippen LogP contribution in [0.3, 0.4) is 0 Å². The highest BCUT2D eigenvalue weighted by Gasteiger charge is 2.20. The van der Waals surface area contributed by atoms with E-state index in [0.717, 1.165) is 22.4 Å². The van der Waals surface area contributed by atoms with Crippen LogP contribution >= 0.6 is 15.9 Å². The Kier molecular flexibility index (Phi) is 3.38. The molecule has 0 bridgehead atoms. The molecule has 0 saturated carbocycles. The minimum Gasteiger partial charge on any atom is -0.471 e. The number of ether oxygens (including phenoxy) is 1. The van der Waals surface area contributed by atoms with Crippen LogP contribution in [0.1, 0.15) is 18.1 Å². The van der Waals surface area contributed by atoms with Crippen molar-refractivity contribution in [2.45, 2.75) is 12.5 Å². The molecule has 1 atom stereocenters. The molecule has 1 aromatic rings. The summed E-state index contributed by atoms with van der Waals surface area (Å²) in [5.74, 6) is 0.783. The molecule has 80 valence electrons. The van der Waals surface area contributed by atoms with Crippen LogP contribution in [0.15, 0.2) is 33.7 Å². The second-order valence-corrected chi connectivity index (χ2v) is 4.35. The van der Waals surface area contributed by atoms with Gasteiger partial charge in [0.2, 0.25) is 0 Å². The molecule has 0 spiro atoms. The minimum absolute atomic E-state index is 0.0691. The van der Waals surface area contributed by atoms with E-state index in [-0.39, 0.29) is 6.10 Å². The van der Waals surface area contributed by atoms with Crippen molar-refractivity contribution in [3.8, 4) is 0 Å². The van der Waals surface area contributed by atoms with E-state index in [1.54, 1.807) is 0 Å². The van der Waals surface area contributed by atoms with Gasteiger partial charge in [0.1, 0.15) is 6.10 Å². The molecule has 0 radical (unpaired) electrons. The number of nitrogens with two attached hydrogens (primary N) is 1. The zero-order valence-corrected chi connectivity index (χ0v) is 9.90. The Labute approximate surface area is 97.5 Å². The first-order valence-electron chi connectivity index (χ1n) is 4.95. The molecule has 1 heterocycles. The van der Waals surface area contributed by atoms with E-state index < -0.39 is 0 Å². The fraction of sp³-hybridized carbons (Fsp3) is 0.364. The van der Waals surface area contributed by atoms with Gasteiger partial charge in [0.05, 0.1) is 6.54 Å². The lowest BCUT2D eigenvalue weighted by atomic mass is 10.1. The Balaban J connectivity index is 2.01. The van der Waals surface area contributed by atoms with Gasteiger partial charge in [-0.1, -0.05) is 28.1 Å². The fourth-order valence-corrected chi connectivity index (χ4v) is 1.80. The van der Waals surface area contributed by atoms with E-state index in [1.807, 2.05) is 12.1 Å². The van der Waals surface area contributed by atoms with Gasteiger partial charge >= 0.3 is 0 Å². The van der Waals surface area contributed by atoms with Gasteiger partial charge in [0.15, 0.2) is 5.90 Å². The van der Waals surface area contributed by atoms with Crippen LogP contribution in [0.5, 0.6) is 0 Å². The third kappa shape index (κ3) is 2.58. The average molecular weight is 269 g/mol. The predicted molar refractivity (Wildman–Crippen MR) is 63.9 cm³/mol. The lowest BCUT2D eigenvalue weighted by Gasteiger charge is -2.11. The Morgan fingerprint density at radius 1 is 1.40 bits per heavy atom. The zero-order chi connectivity index (χ0) is 10.7. The van der Waals surface area contributed by atoms with Gasteiger partial charge in [-0.3, -0.25) is 4.99 Å². The van der Waals surface area contributed by atoms with Crippen LogP contribution in [0.25, 0.3) is 0 Å². The molecule has 0 fully saturated rings. The third-order valence-corrected chi connectivity index (χ3v) is 2.84. The van der Waals surface area contributed by atoms with Crippen molar-refractivity contribution in [3.05, 3.63) is 34.3 Å². The third-order valence-electron chi connectivity index (χ3n) is 2.31. The Morgan fingerprint density at radius 3 is 2.80 bits per heavy atom. The van der Waals surface area contributed by atoms with E-state index in [2.05, 4.69) is 33.1 Å². The quantitative estimate of drug-likeness (QED) is 0.915. The molecular formula is C11H13BrN2O. The van der Waals surface area contributed by atoms with Gasteiger partial charge in [-0.2, -0.15) is 0 Å². The van der Waals surface area contributed by atoms with Crippen molar-refractivity contribution >= 4 is 21.8 Å². The summed E-state index contributed by atoms with van der Waals surface area (Å²) in [6.45, 7) is 1.29. The fourth-order valence-electron chi connectivity index (χ4n) is 1.54. The molecule has 3 nitrogen and oxygen atoms in total. The number of aliphatic imine (C=N–C) groups is 1. The summed E-state index contributed by atoms with van der Waals surface area (Å²) >= 11 is 3.40. The summed E-state index contributed by atoms with van der Waals surface area (Å²) in [7, 11) is 0. The summed E-state index contributed by atoms with van der Waals surface area (Å²) in [5, 5.41) is 0. The highest BCUT2D eigenvalue weighted by Crippen LogP contribution is 2.24. The van der Waals surface area contributed by atoms with Crippen molar-refractivity contribution in [2.24, 2.45) is 10.7 Å².